The summed E-state index contributed by atoms with van der Waals surface area (Å²) >= 11 is 0. The summed E-state index contributed by atoms with van der Waals surface area (Å²) in [6.07, 6.45) is 4.38. The molecule has 0 spiro atoms. The monoisotopic (exact) mass is 341 g/mol. The van der Waals surface area contributed by atoms with E-state index in [0.29, 0.717) is 11.1 Å². The van der Waals surface area contributed by atoms with Crippen molar-refractivity contribution >= 4 is 11.9 Å². The summed E-state index contributed by atoms with van der Waals surface area (Å²) in [6, 6.07) is 6.65. The number of nitrogens with zero attached hydrogens (tertiary/aromatic N) is 1. The maximum Gasteiger partial charge on any atom is 0.338 e. The Balaban J connectivity index is 1.61. The molecule has 2 N–H and O–H groups in total. The molecule has 1 aromatic carbocycles. The van der Waals surface area contributed by atoms with Gasteiger partial charge in [0.05, 0.1) is 11.8 Å². The molecular weight excluding hydrogens is 318 g/mol. The molecular formula is C19H23N3O3. The number of esters is 1. The lowest BCUT2D eigenvalue weighted by Gasteiger charge is -2.23. The van der Waals surface area contributed by atoms with Gasteiger partial charge in [0, 0.05) is 17.3 Å². The number of carbonyl (C=O) groups is 2. The Labute approximate surface area is 147 Å². The molecule has 1 heterocycles. The molecule has 0 saturated heterocycles. The largest absolute Gasteiger partial charge is 0.456 e. The third-order valence-corrected chi connectivity index (χ3v) is 4.13. The first kappa shape index (κ1) is 17.2. The van der Waals surface area contributed by atoms with Crippen molar-refractivity contribution in [3.8, 4) is 0 Å². The first-order chi connectivity index (χ1) is 11.8. The minimum absolute atomic E-state index is 0.100. The van der Waals surface area contributed by atoms with Gasteiger partial charge in [0.15, 0.2) is 0 Å². The van der Waals surface area contributed by atoms with E-state index in [1.165, 1.54) is 0 Å². The summed E-state index contributed by atoms with van der Waals surface area (Å²) in [5, 5.41) is 10.1. The first-order valence-electron chi connectivity index (χ1n) is 8.47. The van der Waals surface area contributed by atoms with Crippen LogP contribution in [-0.4, -0.2) is 33.7 Å². The van der Waals surface area contributed by atoms with Gasteiger partial charge in [-0.05, 0) is 69.9 Å². The van der Waals surface area contributed by atoms with Gasteiger partial charge < -0.3 is 10.1 Å². The van der Waals surface area contributed by atoms with Gasteiger partial charge in [-0.2, -0.15) is 5.10 Å². The van der Waals surface area contributed by atoms with Crippen LogP contribution in [0.4, 0.5) is 0 Å². The predicted molar refractivity (Wildman–Crippen MR) is 93.5 cm³/mol. The van der Waals surface area contributed by atoms with Crippen molar-refractivity contribution in [1.29, 1.82) is 0 Å². The van der Waals surface area contributed by atoms with E-state index >= 15 is 0 Å². The number of H-pyrrole nitrogens is 1. The van der Waals surface area contributed by atoms with E-state index in [4.69, 9.17) is 4.74 Å². The van der Waals surface area contributed by atoms with Crippen molar-refractivity contribution in [2.24, 2.45) is 0 Å². The Morgan fingerprint density at radius 1 is 1.20 bits per heavy atom. The van der Waals surface area contributed by atoms with E-state index < -0.39 is 5.60 Å². The third kappa shape index (κ3) is 4.26. The number of hydrogen-bond acceptors (Lipinski definition) is 4. The highest BCUT2D eigenvalue weighted by molar-refractivity contribution is 5.96. The Morgan fingerprint density at radius 3 is 2.56 bits per heavy atom. The molecule has 3 rings (SSSR count). The molecule has 0 saturated carbocycles. The third-order valence-electron chi connectivity index (χ3n) is 4.13. The van der Waals surface area contributed by atoms with Crippen molar-refractivity contribution < 1.29 is 14.3 Å². The number of aromatic amines is 1. The molecule has 2 aromatic rings. The number of amides is 1. The fraction of sp³-hybridized carbons (Fsp3) is 0.421. The number of hydrogen-bond donors (Lipinski definition) is 2. The molecule has 1 amide bonds. The lowest BCUT2D eigenvalue weighted by Crippen LogP contribution is -2.38. The molecule has 1 aliphatic rings. The lowest BCUT2D eigenvalue weighted by molar-refractivity contribution is 0.00693. The molecule has 0 radical (unpaired) electrons. The first-order valence-corrected chi connectivity index (χ1v) is 8.47. The predicted octanol–water partition coefficient (Wildman–Crippen LogP) is 2.65. The Kier molecular flexibility index (Phi) is 4.61. The highest BCUT2D eigenvalue weighted by Gasteiger charge is 2.22. The number of fused-ring (bicyclic) bond motifs is 1. The standard InChI is InChI=1S/C19H23N3O3/c1-19(2,3)25-18(24)13-6-4-12(5-7-13)17(23)21-15-8-9-16-14(10-15)11-20-22-16/h4-7,11,15H,8-10H2,1-3H3,(H,20,22)(H,21,23)/t15-/m0/s1. The van der Waals surface area contributed by atoms with Crippen molar-refractivity contribution in [1.82, 2.24) is 15.5 Å². The van der Waals surface area contributed by atoms with Crippen molar-refractivity contribution in [3.63, 3.8) is 0 Å². The summed E-state index contributed by atoms with van der Waals surface area (Å²) in [6.45, 7) is 5.47. The van der Waals surface area contributed by atoms with Gasteiger partial charge in [-0.25, -0.2) is 4.79 Å². The van der Waals surface area contributed by atoms with Crippen LogP contribution in [0, 0.1) is 0 Å². The molecule has 6 nitrogen and oxygen atoms in total. The SMILES string of the molecule is CC(C)(C)OC(=O)c1ccc(C(=O)N[C@H]2CCc3[nH]ncc3C2)cc1. The second-order valence-corrected chi connectivity index (χ2v) is 7.37. The van der Waals surface area contributed by atoms with Crippen LogP contribution in [-0.2, 0) is 17.6 Å². The molecule has 0 fully saturated rings. The van der Waals surface area contributed by atoms with Gasteiger partial charge >= 0.3 is 5.97 Å². The van der Waals surface area contributed by atoms with Crippen LogP contribution in [0.3, 0.4) is 0 Å². The van der Waals surface area contributed by atoms with Crippen molar-refractivity contribution in [2.45, 2.75) is 51.7 Å². The smallest absolute Gasteiger partial charge is 0.338 e. The molecule has 0 unspecified atom stereocenters. The Bertz CT molecular complexity index is 772. The molecule has 0 bridgehead atoms. The summed E-state index contributed by atoms with van der Waals surface area (Å²) in [7, 11) is 0. The normalized spacial score (nSPS) is 16.8. The zero-order valence-electron chi connectivity index (χ0n) is 14.8. The van der Waals surface area contributed by atoms with Crippen LogP contribution >= 0.6 is 0 Å². The van der Waals surface area contributed by atoms with Crippen molar-refractivity contribution in [3.05, 3.63) is 52.8 Å². The lowest BCUT2D eigenvalue weighted by atomic mass is 9.93. The maximum absolute atomic E-state index is 12.4. The summed E-state index contributed by atoms with van der Waals surface area (Å²) < 4.78 is 5.32. The quantitative estimate of drug-likeness (QED) is 0.841. The molecule has 1 aliphatic carbocycles. The van der Waals surface area contributed by atoms with Crippen LogP contribution in [0.2, 0.25) is 0 Å². The topological polar surface area (TPSA) is 84.1 Å². The molecule has 132 valence electrons. The van der Waals surface area contributed by atoms with Gasteiger partial charge in [-0.3, -0.25) is 9.89 Å². The summed E-state index contributed by atoms with van der Waals surface area (Å²) in [5.41, 5.74) is 2.75. The molecule has 6 heteroatoms. The molecule has 1 aromatic heterocycles. The van der Waals surface area contributed by atoms with Crippen LogP contribution in [0.5, 0.6) is 0 Å². The van der Waals surface area contributed by atoms with E-state index in [2.05, 4.69) is 15.5 Å². The number of aromatic nitrogens is 2. The Morgan fingerprint density at radius 2 is 1.88 bits per heavy atom. The van der Waals surface area contributed by atoms with Crippen LogP contribution in [0.15, 0.2) is 30.5 Å². The molecule has 25 heavy (non-hydrogen) atoms. The summed E-state index contributed by atoms with van der Waals surface area (Å²) in [5.74, 6) is -0.521. The van der Waals surface area contributed by atoms with E-state index in [-0.39, 0.29) is 17.9 Å². The average molecular weight is 341 g/mol. The van der Waals surface area contributed by atoms with Crippen molar-refractivity contribution in [2.75, 3.05) is 0 Å². The number of rotatable bonds is 3. The van der Waals surface area contributed by atoms with Gasteiger partial charge in [-0.1, -0.05) is 0 Å². The molecule has 1 atom stereocenters. The second kappa shape index (κ2) is 6.70. The van der Waals surface area contributed by atoms with Gasteiger partial charge in [0.2, 0.25) is 0 Å². The minimum Gasteiger partial charge on any atom is -0.456 e. The van der Waals surface area contributed by atoms with Crippen LogP contribution in [0.25, 0.3) is 0 Å². The van der Waals surface area contributed by atoms with Crippen LogP contribution in [0.1, 0.15) is 59.2 Å². The van der Waals surface area contributed by atoms with Crippen LogP contribution < -0.4 is 5.32 Å². The zero-order chi connectivity index (χ0) is 18.0. The molecule has 0 aliphatic heterocycles. The second-order valence-electron chi connectivity index (χ2n) is 7.37. The number of carbonyl (C=O) groups excluding carboxylic acids is 2. The van der Waals surface area contributed by atoms with Gasteiger partial charge in [0.1, 0.15) is 5.60 Å². The van der Waals surface area contributed by atoms with E-state index in [1.54, 1.807) is 24.3 Å². The number of aryl methyl sites for hydroxylation is 1. The van der Waals surface area contributed by atoms with Gasteiger partial charge in [-0.15, -0.1) is 0 Å². The average Bonchev–Trinajstić information content (AvgIpc) is 3.01. The maximum atomic E-state index is 12.4. The fourth-order valence-corrected chi connectivity index (χ4v) is 2.90. The summed E-state index contributed by atoms with van der Waals surface area (Å²) in [4.78, 5) is 24.4. The van der Waals surface area contributed by atoms with E-state index in [1.807, 2.05) is 27.0 Å². The van der Waals surface area contributed by atoms with E-state index in [9.17, 15) is 9.59 Å². The number of ether oxygens (including phenoxy) is 1. The fourth-order valence-electron chi connectivity index (χ4n) is 2.90. The highest BCUT2D eigenvalue weighted by atomic mass is 16.6. The van der Waals surface area contributed by atoms with Gasteiger partial charge in [0.25, 0.3) is 5.91 Å². The number of nitrogens with one attached hydrogen (secondary N) is 2. The number of benzene rings is 1. The minimum atomic E-state index is -0.542. The van der Waals surface area contributed by atoms with E-state index in [0.717, 1.165) is 30.5 Å². The zero-order valence-corrected chi connectivity index (χ0v) is 14.8. The Hall–Kier alpha value is -2.63. The highest BCUT2D eigenvalue weighted by Crippen LogP contribution is 2.19.